The van der Waals surface area contributed by atoms with Crippen LogP contribution in [-0.2, 0) is 24.0 Å². The van der Waals surface area contributed by atoms with Gasteiger partial charge in [0.1, 0.15) is 24.2 Å². The number of nitrogens with one attached hydrogen (secondary N) is 3. The third-order valence-electron chi connectivity index (χ3n) is 6.26. The zero-order chi connectivity index (χ0) is 28.0. The maximum atomic E-state index is 13.4. The highest BCUT2D eigenvalue weighted by atomic mass is 16.4. The Balaban J connectivity index is 2.87. The maximum Gasteiger partial charge on any atom is 0.328 e. The van der Waals surface area contributed by atoms with Crippen molar-refractivity contribution in [1.82, 2.24) is 20.9 Å². The summed E-state index contributed by atoms with van der Waals surface area (Å²) in [6, 6.07) is -5.15. The standard InChI is InChI=1S/C23H43N7O7/c1-14(27-20(33)15(26)7-2-4-10-24)19(32)28-16(8-3-5-11-25)22(35)30-12-6-9-18(30)21(34)29-17(13-31)23(36)37/h14-18,31H,2-13,24-26H2,1H3,(H,27,33)(H,28,32)(H,29,34)(H,36,37)/t14-,15-,16-,17-,18-/m0/s1. The number of likely N-dealkylation sites (tertiary alicyclic amines) is 1. The molecule has 0 radical (unpaired) electrons. The second kappa shape index (κ2) is 16.8. The number of carbonyl (C=O) groups is 5. The monoisotopic (exact) mass is 529 g/mol. The first kappa shape index (κ1) is 32.2. The van der Waals surface area contributed by atoms with E-state index in [0.717, 1.165) is 6.42 Å². The summed E-state index contributed by atoms with van der Waals surface area (Å²) >= 11 is 0. The summed E-state index contributed by atoms with van der Waals surface area (Å²) in [4.78, 5) is 63.7. The summed E-state index contributed by atoms with van der Waals surface area (Å²) in [6.07, 6.45) is 4.08. The van der Waals surface area contributed by atoms with E-state index >= 15 is 0 Å². The third-order valence-corrected chi connectivity index (χ3v) is 6.26. The minimum absolute atomic E-state index is 0.251. The Labute approximate surface area is 217 Å². The van der Waals surface area contributed by atoms with E-state index in [4.69, 9.17) is 22.3 Å². The number of carboxylic acid groups (broad SMARTS) is 1. The van der Waals surface area contributed by atoms with Crippen molar-refractivity contribution >= 4 is 29.6 Å². The normalized spacial score (nSPS) is 18.4. The molecule has 11 N–H and O–H groups in total. The number of carbonyl (C=O) groups excluding carboxylic acids is 4. The van der Waals surface area contributed by atoms with Crippen LogP contribution < -0.4 is 33.2 Å². The molecule has 1 rings (SSSR count). The highest BCUT2D eigenvalue weighted by Gasteiger charge is 2.39. The van der Waals surface area contributed by atoms with Crippen molar-refractivity contribution in [3.8, 4) is 0 Å². The molecule has 0 aromatic heterocycles. The van der Waals surface area contributed by atoms with Gasteiger partial charge >= 0.3 is 5.97 Å². The van der Waals surface area contributed by atoms with Gasteiger partial charge in [0.25, 0.3) is 0 Å². The highest BCUT2D eigenvalue weighted by molar-refractivity contribution is 5.95. The lowest BCUT2D eigenvalue weighted by atomic mass is 10.1. The van der Waals surface area contributed by atoms with Crippen molar-refractivity contribution in [2.24, 2.45) is 17.2 Å². The molecule has 212 valence electrons. The number of nitrogens with zero attached hydrogens (tertiary/aromatic N) is 1. The van der Waals surface area contributed by atoms with Crippen molar-refractivity contribution in [3.63, 3.8) is 0 Å². The molecular formula is C23H43N7O7. The Morgan fingerprint density at radius 1 is 0.919 bits per heavy atom. The van der Waals surface area contributed by atoms with Crippen LogP contribution in [0.2, 0.25) is 0 Å². The summed E-state index contributed by atoms with van der Waals surface area (Å²) in [5.41, 5.74) is 16.9. The third kappa shape index (κ3) is 10.6. The molecule has 0 aromatic rings. The number of aliphatic hydroxyl groups excluding tert-OH is 1. The fourth-order valence-electron chi connectivity index (χ4n) is 4.03. The van der Waals surface area contributed by atoms with Gasteiger partial charge in [-0.25, -0.2) is 4.79 Å². The van der Waals surface area contributed by atoms with Gasteiger partial charge in [-0.3, -0.25) is 19.2 Å². The smallest absolute Gasteiger partial charge is 0.328 e. The lowest BCUT2D eigenvalue weighted by Gasteiger charge is -2.30. The van der Waals surface area contributed by atoms with Gasteiger partial charge in [0.05, 0.1) is 12.6 Å². The summed E-state index contributed by atoms with van der Waals surface area (Å²) in [6.45, 7) is 1.83. The number of nitrogens with two attached hydrogens (primary N) is 3. The van der Waals surface area contributed by atoms with Crippen LogP contribution in [0.1, 0.15) is 58.3 Å². The van der Waals surface area contributed by atoms with Crippen LogP contribution in [0.4, 0.5) is 0 Å². The van der Waals surface area contributed by atoms with Gasteiger partial charge in [0, 0.05) is 6.54 Å². The molecule has 5 atom stereocenters. The zero-order valence-electron chi connectivity index (χ0n) is 21.5. The summed E-state index contributed by atoms with van der Waals surface area (Å²) in [5.74, 6) is -3.65. The van der Waals surface area contributed by atoms with Crippen molar-refractivity contribution in [2.75, 3.05) is 26.2 Å². The largest absolute Gasteiger partial charge is 0.480 e. The molecule has 0 aliphatic carbocycles. The molecule has 37 heavy (non-hydrogen) atoms. The Kier molecular flexibility index (Phi) is 14.7. The molecule has 1 saturated heterocycles. The van der Waals surface area contributed by atoms with E-state index in [1.165, 1.54) is 11.8 Å². The molecule has 0 bridgehead atoms. The topological polar surface area (TPSA) is 243 Å². The van der Waals surface area contributed by atoms with Gasteiger partial charge in [-0.05, 0) is 65.0 Å². The summed E-state index contributed by atoms with van der Waals surface area (Å²) < 4.78 is 0. The first-order valence-corrected chi connectivity index (χ1v) is 12.8. The van der Waals surface area contributed by atoms with Crippen LogP contribution >= 0.6 is 0 Å². The molecule has 0 unspecified atom stereocenters. The number of aliphatic carboxylic acids is 1. The molecule has 1 aliphatic heterocycles. The van der Waals surface area contributed by atoms with Gasteiger partial charge in [0.15, 0.2) is 0 Å². The second-order valence-electron chi connectivity index (χ2n) is 9.24. The maximum absolute atomic E-state index is 13.4. The molecule has 1 fully saturated rings. The first-order chi connectivity index (χ1) is 17.6. The molecule has 0 aromatic carbocycles. The van der Waals surface area contributed by atoms with E-state index < -0.39 is 66.4 Å². The number of unbranched alkanes of at least 4 members (excludes halogenated alkanes) is 2. The number of carboxylic acids is 1. The minimum Gasteiger partial charge on any atom is -0.480 e. The van der Waals surface area contributed by atoms with Crippen molar-refractivity contribution in [3.05, 3.63) is 0 Å². The molecule has 0 spiro atoms. The molecule has 14 nitrogen and oxygen atoms in total. The van der Waals surface area contributed by atoms with Crippen LogP contribution in [0.3, 0.4) is 0 Å². The molecule has 14 heteroatoms. The fraction of sp³-hybridized carbons (Fsp3) is 0.783. The minimum atomic E-state index is -1.49. The van der Waals surface area contributed by atoms with Crippen molar-refractivity contribution in [1.29, 1.82) is 0 Å². The van der Waals surface area contributed by atoms with Gasteiger partial charge in [0.2, 0.25) is 23.6 Å². The molecule has 1 heterocycles. The lowest BCUT2D eigenvalue weighted by molar-refractivity contribution is -0.145. The van der Waals surface area contributed by atoms with Crippen LogP contribution in [0.5, 0.6) is 0 Å². The number of aliphatic hydroxyl groups is 1. The van der Waals surface area contributed by atoms with Gasteiger partial charge in [-0.2, -0.15) is 0 Å². The molecule has 1 aliphatic rings. The van der Waals surface area contributed by atoms with E-state index in [0.29, 0.717) is 51.6 Å². The van der Waals surface area contributed by atoms with E-state index in [9.17, 15) is 29.1 Å². The second-order valence-corrected chi connectivity index (χ2v) is 9.24. The summed E-state index contributed by atoms with van der Waals surface area (Å²) in [7, 11) is 0. The molecular weight excluding hydrogens is 486 g/mol. The molecule has 4 amide bonds. The predicted molar refractivity (Wildman–Crippen MR) is 135 cm³/mol. The Hall–Kier alpha value is -2.81. The molecule has 0 saturated carbocycles. The van der Waals surface area contributed by atoms with E-state index in [1.54, 1.807) is 0 Å². The van der Waals surface area contributed by atoms with Crippen molar-refractivity contribution < 1.29 is 34.2 Å². The first-order valence-electron chi connectivity index (χ1n) is 12.8. The van der Waals surface area contributed by atoms with E-state index in [2.05, 4.69) is 16.0 Å². The van der Waals surface area contributed by atoms with Crippen molar-refractivity contribution in [2.45, 2.75) is 88.5 Å². The number of hydrogen-bond donors (Lipinski definition) is 8. The van der Waals surface area contributed by atoms with Gasteiger partial charge < -0.3 is 48.3 Å². The Morgan fingerprint density at radius 2 is 1.54 bits per heavy atom. The van der Waals surface area contributed by atoms with E-state index in [1.807, 2.05) is 0 Å². The average Bonchev–Trinajstić information content (AvgIpc) is 3.36. The highest BCUT2D eigenvalue weighted by Crippen LogP contribution is 2.20. The van der Waals surface area contributed by atoms with Crippen LogP contribution in [0.15, 0.2) is 0 Å². The van der Waals surface area contributed by atoms with Crippen LogP contribution in [0, 0.1) is 0 Å². The number of hydrogen-bond acceptors (Lipinski definition) is 9. The van der Waals surface area contributed by atoms with Gasteiger partial charge in [-0.1, -0.05) is 6.42 Å². The Morgan fingerprint density at radius 3 is 2.11 bits per heavy atom. The Bertz CT molecular complexity index is 783. The van der Waals surface area contributed by atoms with Crippen LogP contribution in [0.25, 0.3) is 0 Å². The summed E-state index contributed by atoms with van der Waals surface area (Å²) in [5, 5.41) is 25.8. The van der Waals surface area contributed by atoms with Gasteiger partial charge in [-0.15, -0.1) is 0 Å². The number of rotatable bonds is 17. The SMILES string of the molecule is C[C@H](NC(=O)[C@@H](N)CCCCN)C(=O)N[C@@H](CCCCN)C(=O)N1CCC[C@H]1C(=O)N[C@@H](CO)C(=O)O. The predicted octanol–water partition coefficient (Wildman–Crippen LogP) is -2.89. The fourth-order valence-corrected chi connectivity index (χ4v) is 4.03. The average molecular weight is 530 g/mol. The quantitative estimate of drug-likeness (QED) is 0.0894. The van der Waals surface area contributed by atoms with Crippen LogP contribution in [-0.4, -0.2) is 101 Å². The number of amides is 4. The zero-order valence-corrected chi connectivity index (χ0v) is 21.5. The van der Waals surface area contributed by atoms with E-state index in [-0.39, 0.29) is 13.0 Å². The lowest BCUT2D eigenvalue weighted by Crippen LogP contribution is -2.58.